The minimum Gasteiger partial charge on any atom is -0.490 e. The molecule has 0 radical (unpaired) electrons. The van der Waals surface area contributed by atoms with Gasteiger partial charge in [-0.05, 0) is 63.4 Å². The Morgan fingerprint density at radius 2 is 1.69 bits per heavy atom. The van der Waals surface area contributed by atoms with Gasteiger partial charge in [0.05, 0.1) is 5.56 Å². The van der Waals surface area contributed by atoms with Crippen LogP contribution < -0.4 is 15.8 Å². The highest BCUT2D eigenvalue weighted by molar-refractivity contribution is 5.93. The number of carbonyl (C=O) groups excluding carboxylic acids is 1. The summed E-state index contributed by atoms with van der Waals surface area (Å²) in [6.07, 6.45) is 17.1. The molecule has 0 saturated carbocycles. The number of likely N-dealkylation sites (tertiary alicyclic amines) is 1. The molecule has 1 amide bonds. The zero-order valence-electron chi connectivity index (χ0n) is 22.2. The summed E-state index contributed by atoms with van der Waals surface area (Å²) in [7, 11) is 0. The number of nitrogens with zero attached hydrogens (tertiary/aromatic N) is 2. The number of hydrogen-bond acceptors (Lipinski definition) is 5. The Bertz CT molecular complexity index is 851. The molecule has 1 aliphatic rings. The van der Waals surface area contributed by atoms with Crippen LogP contribution in [0.4, 0.5) is 0 Å². The van der Waals surface area contributed by atoms with Crippen molar-refractivity contribution in [3.8, 4) is 5.75 Å². The van der Waals surface area contributed by atoms with Gasteiger partial charge < -0.3 is 20.7 Å². The molecule has 1 aliphatic heterocycles. The van der Waals surface area contributed by atoms with Crippen molar-refractivity contribution in [3.05, 3.63) is 59.9 Å². The number of ether oxygens (including phenoxy) is 1. The van der Waals surface area contributed by atoms with Crippen molar-refractivity contribution in [1.29, 1.82) is 0 Å². The SMILES string of the molecule is Cc1ccc(OC2CCN(CCCCCCCCCCC(N)CNC(=O)c3cccnc3)CC2)cc1. The van der Waals surface area contributed by atoms with E-state index in [2.05, 4.69) is 46.4 Å². The monoisotopic (exact) mass is 494 g/mol. The van der Waals surface area contributed by atoms with Gasteiger partial charge >= 0.3 is 0 Å². The van der Waals surface area contributed by atoms with E-state index in [9.17, 15) is 4.79 Å². The maximum Gasteiger partial charge on any atom is 0.252 e. The van der Waals surface area contributed by atoms with Gasteiger partial charge in [0.25, 0.3) is 5.91 Å². The molecule has 6 nitrogen and oxygen atoms in total. The fourth-order valence-electron chi connectivity index (χ4n) is 4.79. The maximum atomic E-state index is 12.0. The van der Waals surface area contributed by atoms with Crippen molar-refractivity contribution >= 4 is 5.91 Å². The zero-order chi connectivity index (χ0) is 25.4. The molecule has 3 N–H and O–H groups in total. The van der Waals surface area contributed by atoms with Gasteiger partial charge in [-0.3, -0.25) is 9.78 Å². The predicted molar refractivity (Wildman–Crippen MR) is 147 cm³/mol. The summed E-state index contributed by atoms with van der Waals surface area (Å²) in [4.78, 5) is 18.6. The van der Waals surface area contributed by atoms with Gasteiger partial charge in [-0.25, -0.2) is 0 Å². The minimum absolute atomic E-state index is 0.0184. The van der Waals surface area contributed by atoms with Crippen LogP contribution in [0.25, 0.3) is 0 Å². The van der Waals surface area contributed by atoms with Crippen LogP contribution in [0.1, 0.15) is 86.6 Å². The molecule has 198 valence electrons. The minimum atomic E-state index is -0.102. The quantitative estimate of drug-likeness (QED) is 0.301. The molecular weight excluding hydrogens is 448 g/mol. The average Bonchev–Trinajstić information content (AvgIpc) is 2.91. The highest BCUT2D eigenvalue weighted by Crippen LogP contribution is 2.20. The second-order valence-corrected chi connectivity index (χ2v) is 10.3. The van der Waals surface area contributed by atoms with Crippen LogP contribution in [0, 0.1) is 6.92 Å². The largest absolute Gasteiger partial charge is 0.490 e. The standard InChI is InChI=1S/C30H46N4O2/c1-25-13-15-28(16-14-25)36-29-17-21-34(22-18-29)20-9-7-5-3-2-4-6-8-12-27(31)24-33-30(35)26-11-10-19-32-23-26/h10-11,13-16,19,23,27,29H,2-9,12,17-18,20-22,24,31H2,1H3,(H,33,35). The molecule has 1 saturated heterocycles. The number of benzene rings is 1. The number of nitrogens with one attached hydrogen (secondary N) is 1. The molecule has 1 aromatic carbocycles. The third-order valence-electron chi connectivity index (χ3n) is 7.11. The van der Waals surface area contributed by atoms with Gasteiger partial charge in [0, 0.05) is 38.1 Å². The first-order valence-electron chi connectivity index (χ1n) is 14.0. The molecule has 1 atom stereocenters. The lowest BCUT2D eigenvalue weighted by atomic mass is 10.0. The van der Waals surface area contributed by atoms with E-state index in [1.54, 1.807) is 24.5 Å². The van der Waals surface area contributed by atoms with Crippen molar-refractivity contribution < 1.29 is 9.53 Å². The Morgan fingerprint density at radius 3 is 2.36 bits per heavy atom. The van der Waals surface area contributed by atoms with E-state index in [0.29, 0.717) is 18.2 Å². The number of rotatable bonds is 16. The molecule has 1 aromatic heterocycles. The van der Waals surface area contributed by atoms with Gasteiger partial charge in [0.1, 0.15) is 11.9 Å². The van der Waals surface area contributed by atoms with E-state index < -0.39 is 0 Å². The number of nitrogens with two attached hydrogens (primary N) is 1. The predicted octanol–water partition coefficient (Wildman–Crippen LogP) is 5.50. The highest BCUT2D eigenvalue weighted by Gasteiger charge is 2.20. The topological polar surface area (TPSA) is 80.5 Å². The highest BCUT2D eigenvalue weighted by atomic mass is 16.5. The molecule has 36 heavy (non-hydrogen) atoms. The second kappa shape index (κ2) is 16.3. The molecular formula is C30H46N4O2. The van der Waals surface area contributed by atoms with E-state index in [-0.39, 0.29) is 11.9 Å². The summed E-state index contributed by atoms with van der Waals surface area (Å²) >= 11 is 0. The lowest BCUT2D eigenvalue weighted by Crippen LogP contribution is -2.38. The van der Waals surface area contributed by atoms with E-state index in [1.165, 1.54) is 57.1 Å². The molecule has 1 fully saturated rings. The molecule has 2 aromatic rings. The summed E-state index contributed by atoms with van der Waals surface area (Å²) < 4.78 is 6.16. The first kappa shape index (κ1) is 28.1. The molecule has 0 bridgehead atoms. The lowest BCUT2D eigenvalue weighted by Gasteiger charge is -2.32. The zero-order valence-corrected chi connectivity index (χ0v) is 22.2. The number of piperidine rings is 1. The molecule has 3 rings (SSSR count). The number of aromatic nitrogens is 1. The molecule has 2 heterocycles. The first-order valence-corrected chi connectivity index (χ1v) is 14.0. The maximum absolute atomic E-state index is 12.0. The molecule has 0 aliphatic carbocycles. The van der Waals surface area contributed by atoms with Crippen molar-refractivity contribution in [2.75, 3.05) is 26.2 Å². The van der Waals surface area contributed by atoms with Crippen LogP contribution in [0.5, 0.6) is 5.75 Å². The normalized spacial score (nSPS) is 15.5. The Balaban J connectivity index is 1.09. The molecule has 6 heteroatoms. The van der Waals surface area contributed by atoms with Gasteiger partial charge in [-0.15, -0.1) is 0 Å². The second-order valence-electron chi connectivity index (χ2n) is 10.3. The summed E-state index contributed by atoms with van der Waals surface area (Å²) in [5.74, 6) is 0.905. The van der Waals surface area contributed by atoms with E-state index >= 15 is 0 Å². The van der Waals surface area contributed by atoms with Crippen molar-refractivity contribution in [2.24, 2.45) is 5.73 Å². The average molecular weight is 495 g/mol. The molecule has 0 spiro atoms. The Morgan fingerprint density at radius 1 is 1.03 bits per heavy atom. The summed E-state index contributed by atoms with van der Waals surface area (Å²) in [6, 6.07) is 12.0. The summed E-state index contributed by atoms with van der Waals surface area (Å²) in [5.41, 5.74) is 8.02. The van der Waals surface area contributed by atoms with Crippen LogP contribution in [0.2, 0.25) is 0 Å². The number of pyridine rings is 1. The number of amides is 1. The fourth-order valence-corrected chi connectivity index (χ4v) is 4.79. The first-order chi connectivity index (χ1) is 17.6. The van der Waals surface area contributed by atoms with Gasteiger partial charge in [0.15, 0.2) is 0 Å². The lowest BCUT2D eigenvalue weighted by molar-refractivity contribution is 0.0950. The van der Waals surface area contributed by atoms with E-state index in [1.807, 2.05) is 0 Å². The van der Waals surface area contributed by atoms with E-state index in [0.717, 1.165) is 44.5 Å². The Hall–Kier alpha value is -2.44. The van der Waals surface area contributed by atoms with Crippen LogP contribution in [-0.2, 0) is 0 Å². The third kappa shape index (κ3) is 11.1. The number of aryl methyl sites for hydroxylation is 1. The number of carbonyl (C=O) groups is 1. The summed E-state index contributed by atoms with van der Waals surface area (Å²) in [6.45, 7) is 6.17. The summed E-state index contributed by atoms with van der Waals surface area (Å²) in [5, 5.41) is 2.90. The van der Waals surface area contributed by atoms with Crippen LogP contribution in [0.3, 0.4) is 0 Å². The Labute approximate surface area is 218 Å². The van der Waals surface area contributed by atoms with Gasteiger partial charge in [-0.1, -0.05) is 62.6 Å². The van der Waals surface area contributed by atoms with Crippen molar-refractivity contribution in [3.63, 3.8) is 0 Å². The number of hydrogen-bond donors (Lipinski definition) is 2. The Kier molecular flexibility index (Phi) is 12.8. The smallest absolute Gasteiger partial charge is 0.252 e. The van der Waals surface area contributed by atoms with Gasteiger partial charge in [-0.2, -0.15) is 0 Å². The van der Waals surface area contributed by atoms with Crippen molar-refractivity contribution in [1.82, 2.24) is 15.2 Å². The third-order valence-corrected chi connectivity index (χ3v) is 7.11. The van der Waals surface area contributed by atoms with E-state index in [4.69, 9.17) is 10.5 Å². The van der Waals surface area contributed by atoms with Crippen LogP contribution in [-0.4, -0.2) is 54.1 Å². The fraction of sp³-hybridized carbons (Fsp3) is 0.600. The van der Waals surface area contributed by atoms with Crippen LogP contribution in [0.15, 0.2) is 48.8 Å². The number of unbranched alkanes of at least 4 members (excludes halogenated alkanes) is 7. The van der Waals surface area contributed by atoms with Crippen molar-refractivity contribution in [2.45, 2.75) is 89.7 Å². The molecule has 1 unspecified atom stereocenters. The van der Waals surface area contributed by atoms with Crippen LogP contribution >= 0.6 is 0 Å². The van der Waals surface area contributed by atoms with Gasteiger partial charge in [0.2, 0.25) is 0 Å².